The van der Waals surface area contributed by atoms with E-state index in [0.29, 0.717) is 11.4 Å². The Bertz CT molecular complexity index is 787. The highest BCUT2D eigenvalue weighted by atomic mass is 19.1. The molecule has 1 aliphatic rings. The number of non-ortho nitro benzene ring substituents is 1. The molecule has 0 unspecified atom stereocenters. The molecule has 0 bridgehead atoms. The van der Waals surface area contributed by atoms with Crippen molar-refractivity contribution in [2.24, 2.45) is 0 Å². The van der Waals surface area contributed by atoms with Gasteiger partial charge in [-0.25, -0.2) is 4.39 Å². The molecule has 6 nitrogen and oxygen atoms in total. The van der Waals surface area contributed by atoms with Gasteiger partial charge in [0.15, 0.2) is 0 Å². The maximum Gasteiger partial charge on any atom is 0.270 e. The van der Waals surface area contributed by atoms with Crippen LogP contribution in [-0.2, 0) is 0 Å². The highest BCUT2D eigenvalue weighted by Crippen LogP contribution is 2.28. The molecule has 2 aromatic rings. The van der Waals surface area contributed by atoms with Crippen LogP contribution in [-0.4, -0.2) is 23.9 Å². The lowest BCUT2D eigenvalue weighted by atomic mass is 10.1. The zero-order valence-electron chi connectivity index (χ0n) is 13.6. The summed E-state index contributed by atoms with van der Waals surface area (Å²) in [5, 5.41) is 13.8. The number of nitrogens with zero attached hydrogens (tertiary/aromatic N) is 2. The number of halogens is 1. The summed E-state index contributed by atoms with van der Waals surface area (Å²) in [6.07, 6.45) is 3.19. The van der Waals surface area contributed by atoms with Crippen LogP contribution in [0.15, 0.2) is 42.5 Å². The van der Waals surface area contributed by atoms with Crippen molar-refractivity contribution in [2.45, 2.75) is 19.3 Å². The zero-order valence-corrected chi connectivity index (χ0v) is 13.6. The molecule has 0 aliphatic carbocycles. The van der Waals surface area contributed by atoms with Crippen molar-refractivity contribution in [3.63, 3.8) is 0 Å². The second-order valence-corrected chi connectivity index (χ2v) is 5.97. The highest BCUT2D eigenvalue weighted by Gasteiger charge is 2.22. The Kier molecular flexibility index (Phi) is 4.92. The van der Waals surface area contributed by atoms with Crippen LogP contribution in [0, 0.1) is 15.9 Å². The summed E-state index contributed by atoms with van der Waals surface area (Å²) in [5.74, 6) is -0.849. The van der Waals surface area contributed by atoms with Crippen molar-refractivity contribution in [2.75, 3.05) is 23.3 Å². The van der Waals surface area contributed by atoms with Crippen LogP contribution in [0.1, 0.15) is 29.6 Å². The van der Waals surface area contributed by atoms with Gasteiger partial charge in [0.25, 0.3) is 11.6 Å². The molecule has 0 spiro atoms. The van der Waals surface area contributed by atoms with Gasteiger partial charge < -0.3 is 10.2 Å². The Labute approximate surface area is 144 Å². The predicted molar refractivity (Wildman–Crippen MR) is 93.5 cm³/mol. The number of rotatable bonds is 4. The van der Waals surface area contributed by atoms with E-state index in [1.807, 2.05) is 0 Å². The fraction of sp³-hybridized carbons (Fsp3) is 0.278. The van der Waals surface area contributed by atoms with Crippen LogP contribution >= 0.6 is 0 Å². The summed E-state index contributed by atoms with van der Waals surface area (Å²) in [5.41, 5.74) is 1.23. The van der Waals surface area contributed by atoms with Crippen molar-refractivity contribution in [3.8, 4) is 0 Å². The van der Waals surface area contributed by atoms with Gasteiger partial charge in [0.05, 0.1) is 16.2 Å². The van der Waals surface area contributed by atoms with E-state index in [9.17, 15) is 19.3 Å². The van der Waals surface area contributed by atoms with Gasteiger partial charge in [-0.3, -0.25) is 14.9 Å². The SMILES string of the molecule is O=C(Nc1ccc(F)cc1)c1cc([N+](=O)[O-])ccc1N1CCCCC1. The van der Waals surface area contributed by atoms with Crippen molar-refractivity contribution in [3.05, 3.63) is 64.0 Å². The smallest absolute Gasteiger partial charge is 0.270 e. The molecule has 1 heterocycles. The summed E-state index contributed by atoms with van der Waals surface area (Å²) in [4.78, 5) is 25.3. The fourth-order valence-electron chi connectivity index (χ4n) is 2.96. The normalized spacial score (nSPS) is 14.2. The highest BCUT2D eigenvalue weighted by molar-refractivity contribution is 6.08. The summed E-state index contributed by atoms with van der Waals surface area (Å²) in [7, 11) is 0. The maximum atomic E-state index is 13.0. The van der Waals surface area contributed by atoms with E-state index < -0.39 is 16.6 Å². The lowest BCUT2D eigenvalue weighted by Crippen LogP contribution is -2.31. The van der Waals surface area contributed by atoms with Crippen LogP contribution in [0.5, 0.6) is 0 Å². The molecular weight excluding hydrogens is 325 g/mol. The third-order valence-corrected chi connectivity index (χ3v) is 4.23. The lowest BCUT2D eigenvalue weighted by Gasteiger charge is -2.30. The van der Waals surface area contributed by atoms with E-state index >= 15 is 0 Å². The van der Waals surface area contributed by atoms with Crippen molar-refractivity contribution < 1.29 is 14.1 Å². The first-order chi connectivity index (χ1) is 12.0. The molecule has 130 valence electrons. The quantitative estimate of drug-likeness (QED) is 0.673. The molecule has 25 heavy (non-hydrogen) atoms. The van der Waals surface area contributed by atoms with Gasteiger partial charge in [0.1, 0.15) is 5.82 Å². The standard InChI is InChI=1S/C18H18FN3O3/c19-13-4-6-14(7-5-13)20-18(23)16-12-15(22(24)25)8-9-17(16)21-10-2-1-3-11-21/h4-9,12H,1-3,10-11H2,(H,20,23). The first kappa shape index (κ1) is 16.9. The van der Waals surface area contributed by atoms with Gasteiger partial charge >= 0.3 is 0 Å². The van der Waals surface area contributed by atoms with E-state index in [2.05, 4.69) is 10.2 Å². The van der Waals surface area contributed by atoms with Crippen LogP contribution in [0.25, 0.3) is 0 Å². The van der Waals surface area contributed by atoms with Crippen molar-refractivity contribution >= 4 is 23.0 Å². The molecule has 0 atom stereocenters. The average Bonchev–Trinajstić information content (AvgIpc) is 2.63. The molecule has 7 heteroatoms. The number of piperidine rings is 1. The molecule has 1 saturated heterocycles. The van der Waals surface area contributed by atoms with E-state index in [4.69, 9.17) is 0 Å². The Balaban J connectivity index is 1.92. The third kappa shape index (κ3) is 3.93. The molecule has 1 amide bonds. The summed E-state index contributed by atoms with van der Waals surface area (Å²) in [6, 6.07) is 9.73. The van der Waals surface area contributed by atoms with Gasteiger partial charge in [0.2, 0.25) is 0 Å². The monoisotopic (exact) mass is 343 g/mol. The summed E-state index contributed by atoms with van der Waals surface area (Å²) >= 11 is 0. The van der Waals surface area contributed by atoms with Crippen LogP contribution in [0.4, 0.5) is 21.5 Å². The summed E-state index contributed by atoms with van der Waals surface area (Å²) in [6.45, 7) is 1.63. The maximum absolute atomic E-state index is 13.0. The second-order valence-electron chi connectivity index (χ2n) is 5.97. The number of amides is 1. The van der Waals surface area contributed by atoms with Gasteiger partial charge in [-0.15, -0.1) is 0 Å². The van der Waals surface area contributed by atoms with Crippen LogP contribution in [0.3, 0.4) is 0 Å². The average molecular weight is 343 g/mol. The van der Waals surface area contributed by atoms with E-state index in [1.165, 1.54) is 36.4 Å². The number of nitro groups is 1. The van der Waals surface area contributed by atoms with Gasteiger partial charge in [-0.05, 0) is 49.6 Å². The Morgan fingerprint density at radius 3 is 2.40 bits per heavy atom. The van der Waals surface area contributed by atoms with E-state index in [-0.39, 0.29) is 11.3 Å². The second kappa shape index (κ2) is 7.29. The molecule has 0 radical (unpaired) electrons. The lowest BCUT2D eigenvalue weighted by molar-refractivity contribution is -0.384. The van der Waals surface area contributed by atoms with Gasteiger partial charge in [-0.1, -0.05) is 0 Å². The Hall–Kier alpha value is -2.96. The molecule has 2 aromatic carbocycles. The minimum absolute atomic E-state index is 0.134. The molecular formula is C18H18FN3O3. The molecule has 0 aromatic heterocycles. The molecule has 1 aliphatic heterocycles. The minimum Gasteiger partial charge on any atom is -0.371 e. The summed E-state index contributed by atoms with van der Waals surface area (Å²) < 4.78 is 13.0. The fourth-order valence-corrected chi connectivity index (χ4v) is 2.96. The molecule has 0 saturated carbocycles. The molecule has 3 rings (SSSR count). The molecule has 1 N–H and O–H groups in total. The number of carbonyl (C=O) groups excluding carboxylic acids is 1. The Morgan fingerprint density at radius 1 is 1.08 bits per heavy atom. The van der Waals surface area contributed by atoms with E-state index in [1.54, 1.807) is 6.07 Å². The van der Waals surface area contributed by atoms with E-state index in [0.717, 1.165) is 32.4 Å². The van der Waals surface area contributed by atoms with Crippen LogP contribution in [0.2, 0.25) is 0 Å². The predicted octanol–water partition coefficient (Wildman–Crippen LogP) is 3.98. The van der Waals surface area contributed by atoms with Gasteiger partial charge in [0, 0.05) is 30.9 Å². The van der Waals surface area contributed by atoms with Gasteiger partial charge in [-0.2, -0.15) is 0 Å². The number of carbonyl (C=O) groups is 1. The Morgan fingerprint density at radius 2 is 1.76 bits per heavy atom. The number of nitrogens with one attached hydrogen (secondary N) is 1. The van der Waals surface area contributed by atoms with Crippen molar-refractivity contribution in [1.82, 2.24) is 0 Å². The minimum atomic E-state index is -0.519. The zero-order chi connectivity index (χ0) is 17.8. The van der Waals surface area contributed by atoms with Crippen molar-refractivity contribution in [1.29, 1.82) is 0 Å². The number of benzene rings is 2. The number of hydrogen-bond donors (Lipinski definition) is 1. The van der Waals surface area contributed by atoms with Crippen LogP contribution < -0.4 is 10.2 Å². The number of hydrogen-bond acceptors (Lipinski definition) is 4. The number of nitro benzene ring substituents is 1. The topological polar surface area (TPSA) is 75.5 Å². The number of anilines is 2. The first-order valence-corrected chi connectivity index (χ1v) is 8.15. The first-order valence-electron chi connectivity index (χ1n) is 8.15. The third-order valence-electron chi connectivity index (χ3n) is 4.23. The molecule has 1 fully saturated rings. The largest absolute Gasteiger partial charge is 0.371 e.